The molecule has 6 nitrogen and oxygen atoms in total. The van der Waals surface area contributed by atoms with Gasteiger partial charge in [0.25, 0.3) is 0 Å². The summed E-state index contributed by atoms with van der Waals surface area (Å²) in [4.78, 5) is 14.7. The maximum absolute atomic E-state index is 12.2. The Morgan fingerprint density at radius 1 is 1.04 bits per heavy atom. The smallest absolute Gasteiger partial charge is 0.319 e. The zero-order valence-electron chi connectivity index (χ0n) is 15.4. The van der Waals surface area contributed by atoms with E-state index in [9.17, 15) is 4.79 Å². The lowest BCUT2D eigenvalue weighted by Gasteiger charge is -2.22. The van der Waals surface area contributed by atoms with Crippen molar-refractivity contribution in [1.82, 2.24) is 15.5 Å². The SMILES string of the molecule is O=C(NCc1ccc(N2CCCCCC2)cc1)Nc1cccc2[nH]ncc12. The number of fused-ring (bicyclic) bond motifs is 1. The fraction of sp³-hybridized carbons (Fsp3) is 0.333. The van der Waals surface area contributed by atoms with E-state index in [0.29, 0.717) is 6.54 Å². The Kier molecular flexibility index (Phi) is 5.23. The van der Waals surface area contributed by atoms with E-state index in [1.807, 2.05) is 18.2 Å². The summed E-state index contributed by atoms with van der Waals surface area (Å²) in [5.41, 5.74) is 4.01. The number of carbonyl (C=O) groups is 1. The Balaban J connectivity index is 1.33. The van der Waals surface area contributed by atoms with E-state index in [-0.39, 0.29) is 6.03 Å². The molecule has 4 rings (SSSR count). The maximum atomic E-state index is 12.2. The number of rotatable bonds is 4. The van der Waals surface area contributed by atoms with E-state index in [0.717, 1.165) is 35.2 Å². The van der Waals surface area contributed by atoms with Gasteiger partial charge in [0, 0.05) is 30.7 Å². The quantitative estimate of drug-likeness (QED) is 0.648. The fourth-order valence-corrected chi connectivity index (χ4v) is 3.58. The minimum Gasteiger partial charge on any atom is -0.372 e. The first kappa shape index (κ1) is 17.4. The van der Waals surface area contributed by atoms with Crippen molar-refractivity contribution < 1.29 is 4.79 Å². The summed E-state index contributed by atoms with van der Waals surface area (Å²) in [6, 6.07) is 14.0. The van der Waals surface area contributed by atoms with Crippen LogP contribution in [0.4, 0.5) is 16.2 Å². The highest BCUT2D eigenvalue weighted by atomic mass is 16.2. The molecule has 1 saturated heterocycles. The maximum Gasteiger partial charge on any atom is 0.319 e. The van der Waals surface area contributed by atoms with Crippen molar-refractivity contribution in [2.24, 2.45) is 0 Å². The molecule has 0 aliphatic carbocycles. The van der Waals surface area contributed by atoms with Gasteiger partial charge in [0.05, 0.1) is 17.4 Å². The van der Waals surface area contributed by atoms with Crippen LogP contribution in [0.25, 0.3) is 10.9 Å². The molecular formula is C21H25N5O. The highest BCUT2D eigenvalue weighted by molar-refractivity contribution is 6.00. The molecular weight excluding hydrogens is 338 g/mol. The molecule has 2 aromatic carbocycles. The van der Waals surface area contributed by atoms with Crippen LogP contribution in [0.5, 0.6) is 0 Å². The summed E-state index contributed by atoms with van der Waals surface area (Å²) in [7, 11) is 0. The van der Waals surface area contributed by atoms with Crippen LogP contribution in [0.2, 0.25) is 0 Å². The van der Waals surface area contributed by atoms with Gasteiger partial charge in [0.15, 0.2) is 0 Å². The van der Waals surface area contributed by atoms with Gasteiger partial charge >= 0.3 is 6.03 Å². The molecule has 3 aromatic rings. The van der Waals surface area contributed by atoms with Gasteiger partial charge in [0.1, 0.15) is 0 Å². The van der Waals surface area contributed by atoms with Gasteiger partial charge in [-0.2, -0.15) is 5.10 Å². The van der Waals surface area contributed by atoms with Crippen LogP contribution in [0.1, 0.15) is 31.2 Å². The molecule has 2 heterocycles. The Morgan fingerprint density at radius 3 is 2.59 bits per heavy atom. The highest BCUT2D eigenvalue weighted by Gasteiger charge is 2.10. The molecule has 140 valence electrons. The van der Waals surface area contributed by atoms with Gasteiger partial charge in [-0.1, -0.05) is 31.0 Å². The number of anilines is 2. The van der Waals surface area contributed by atoms with Crippen LogP contribution < -0.4 is 15.5 Å². The van der Waals surface area contributed by atoms with Gasteiger partial charge in [-0.05, 0) is 42.7 Å². The number of urea groups is 1. The molecule has 1 aliphatic rings. The van der Waals surface area contributed by atoms with Gasteiger partial charge < -0.3 is 15.5 Å². The number of nitrogens with one attached hydrogen (secondary N) is 3. The van der Waals surface area contributed by atoms with Gasteiger partial charge in [-0.25, -0.2) is 4.79 Å². The number of aromatic nitrogens is 2. The summed E-state index contributed by atoms with van der Waals surface area (Å²) < 4.78 is 0. The normalized spacial score (nSPS) is 14.7. The van der Waals surface area contributed by atoms with Crippen LogP contribution in [0.3, 0.4) is 0 Å². The molecule has 0 atom stereocenters. The van der Waals surface area contributed by atoms with Crippen LogP contribution in [0, 0.1) is 0 Å². The van der Waals surface area contributed by atoms with E-state index in [4.69, 9.17) is 0 Å². The van der Waals surface area contributed by atoms with Crippen molar-refractivity contribution in [2.45, 2.75) is 32.2 Å². The van der Waals surface area contributed by atoms with Gasteiger partial charge in [-0.15, -0.1) is 0 Å². The Morgan fingerprint density at radius 2 is 1.81 bits per heavy atom. The number of amides is 2. The third-order valence-electron chi connectivity index (χ3n) is 5.09. The van der Waals surface area contributed by atoms with Crippen molar-refractivity contribution in [2.75, 3.05) is 23.3 Å². The Bertz CT molecular complexity index is 894. The molecule has 0 spiro atoms. The zero-order valence-corrected chi connectivity index (χ0v) is 15.4. The number of nitrogens with zero attached hydrogens (tertiary/aromatic N) is 2. The first-order valence-corrected chi connectivity index (χ1v) is 9.60. The highest BCUT2D eigenvalue weighted by Crippen LogP contribution is 2.21. The van der Waals surface area contributed by atoms with Gasteiger partial charge in [-0.3, -0.25) is 5.10 Å². The number of hydrogen-bond donors (Lipinski definition) is 3. The minimum absolute atomic E-state index is 0.222. The van der Waals surface area contributed by atoms with Crippen molar-refractivity contribution in [3.63, 3.8) is 0 Å². The topological polar surface area (TPSA) is 73.1 Å². The van der Waals surface area contributed by atoms with E-state index >= 15 is 0 Å². The second kappa shape index (κ2) is 8.12. The number of H-pyrrole nitrogens is 1. The lowest BCUT2D eigenvalue weighted by molar-refractivity contribution is 0.252. The average Bonchev–Trinajstić information content (AvgIpc) is 3.02. The van der Waals surface area contributed by atoms with Crippen LogP contribution in [0.15, 0.2) is 48.7 Å². The summed E-state index contributed by atoms with van der Waals surface area (Å²) >= 11 is 0. The molecule has 1 aliphatic heterocycles. The average molecular weight is 363 g/mol. The number of carbonyl (C=O) groups excluding carboxylic acids is 1. The van der Waals surface area contributed by atoms with Crippen molar-refractivity contribution >= 4 is 28.3 Å². The molecule has 3 N–H and O–H groups in total. The number of hydrogen-bond acceptors (Lipinski definition) is 3. The molecule has 1 aromatic heterocycles. The lowest BCUT2D eigenvalue weighted by atomic mass is 10.2. The minimum atomic E-state index is -0.222. The van der Waals surface area contributed by atoms with E-state index in [2.05, 4.69) is 50.0 Å². The van der Waals surface area contributed by atoms with E-state index in [1.54, 1.807) is 6.20 Å². The summed E-state index contributed by atoms with van der Waals surface area (Å²) in [6.45, 7) is 2.77. The first-order valence-electron chi connectivity index (χ1n) is 9.60. The van der Waals surface area contributed by atoms with Gasteiger partial charge in [0.2, 0.25) is 0 Å². The van der Waals surface area contributed by atoms with E-state index in [1.165, 1.54) is 31.4 Å². The molecule has 0 unspecified atom stereocenters. The van der Waals surface area contributed by atoms with Crippen molar-refractivity contribution in [3.05, 3.63) is 54.2 Å². The monoisotopic (exact) mass is 363 g/mol. The molecule has 6 heteroatoms. The predicted molar refractivity (Wildman–Crippen MR) is 109 cm³/mol. The van der Waals surface area contributed by atoms with E-state index < -0.39 is 0 Å². The zero-order chi connectivity index (χ0) is 18.5. The fourth-order valence-electron chi connectivity index (χ4n) is 3.58. The van der Waals surface area contributed by atoms with Crippen LogP contribution in [-0.2, 0) is 6.54 Å². The van der Waals surface area contributed by atoms with Crippen LogP contribution >= 0.6 is 0 Å². The third-order valence-corrected chi connectivity index (χ3v) is 5.09. The van der Waals surface area contributed by atoms with Crippen molar-refractivity contribution in [3.8, 4) is 0 Å². The number of aromatic amines is 1. The van der Waals surface area contributed by atoms with Crippen LogP contribution in [-0.4, -0.2) is 29.3 Å². The second-order valence-electron chi connectivity index (χ2n) is 7.01. The molecule has 27 heavy (non-hydrogen) atoms. The first-order chi connectivity index (χ1) is 13.3. The molecule has 0 radical (unpaired) electrons. The standard InChI is InChI=1S/C21H25N5O/c27-21(24-19-6-5-7-20-18(19)15-23-25-20)22-14-16-8-10-17(11-9-16)26-12-3-1-2-4-13-26/h5-11,15H,1-4,12-14H2,(H,23,25)(H2,22,24,27). The Hall–Kier alpha value is -3.02. The molecule has 1 fully saturated rings. The Labute approximate surface area is 159 Å². The molecule has 0 saturated carbocycles. The molecule has 2 amide bonds. The predicted octanol–water partition coefficient (Wildman–Crippen LogP) is 4.27. The summed E-state index contributed by atoms with van der Waals surface area (Å²) in [5.74, 6) is 0. The number of benzene rings is 2. The second-order valence-corrected chi connectivity index (χ2v) is 7.01. The largest absolute Gasteiger partial charge is 0.372 e. The lowest BCUT2D eigenvalue weighted by Crippen LogP contribution is -2.28. The summed E-state index contributed by atoms with van der Waals surface area (Å²) in [6.07, 6.45) is 6.92. The third kappa shape index (κ3) is 4.22. The molecule has 0 bridgehead atoms. The van der Waals surface area contributed by atoms with Crippen molar-refractivity contribution in [1.29, 1.82) is 0 Å². The summed E-state index contributed by atoms with van der Waals surface area (Å²) in [5, 5.41) is 13.6.